The molecule has 0 fully saturated rings. The van der Waals surface area contributed by atoms with E-state index in [0.717, 1.165) is 34.8 Å². The van der Waals surface area contributed by atoms with E-state index < -0.39 is 23.6 Å². The Hall–Kier alpha value is -3.54. The van der Waals surface area contributed by atoms with E-state index in [0.29, 0.717) is 12.2 Å². The van der Waals surface area contributed by atoms with Crippen LogP contribution >= 0.6 is 0 Å². The zero-order valence-electron chi connectivity index (χ0n) is 14.8. The number of fused-ring (bicyclic) bond motifs is 1. The van der Waals surface area contributed by atoms with Crippen molar-refractivity contribution in [2.75, 3.05) is 0 Å². The van der Waals surface area contributed by atoms with Crippen LogP contribution in [0.3, 0.4) is 0 Å². The SMILES string of the molecule is O=C(N[C@@H](Cc1ccccc1)c1nc2ccccc2[nH]1)c1cc(F)cc(F)c1. The number of carbonyl (C=O) groups is 1. The normalized spacial score (nSPS) is 12.1. The van der Waals surface area contributed by atoms with Gasteiger partial charge in [0.2, 0.25) is 0 Å². The Morgan fingerprint density at radius 1 is 0.964 bits per heavy atom. The topological polar surface area (TPSA) is 57.8 Å². The standard InChI is InChI=1S/C22H17F2N3O/c23-16-11-15(12-17(24)13-16)22(28)27-20(10-14-6-2-1-3-7-14)21-25-18-8-4-5-9-19(18)26-21/h1-9,11-13,20H,10H2,(H,25,26)(H,27,28)/t20-/m0/s1. The quantitative estimate of drug-likeness (QED) is 0.536. The van der Waals surface area contributed by atoms with Gasteiger partial charge in [0.1, 0.15) is 17.5 Å². The number of benzene rings is 3. The first kappa shape index (κ1) is 17.9. The molecule has 0 bridgehead atoms. The number of H-pyrrole nitrogens is 1. The summed E-state index contributed by atoms with van der Waals surface area (Å²) in [6.07, 6.45) is 0.476. The van der Waals surface area contributed by atoms with Crippen molar-refractivity contribution in [3.05, 3.63) is 101 Å². The number of aromatic nitrogens is 2. The maximum absolute atomic E-state index is 13.5. The van der Waals surface area contributed by atoms with Crippen molar-refractivity contribution in [2.45, 2.75) is 12.5 Å². The van der Waals surface area contributed by atoms with E-state index >= 15 is 0 Å². The second-order valence-corrected chi connectivity index (χ2v) is 6.51. The van der Waals surface area contributed by atoms with Gasteiger partial charge in [-0.05, 0) is 36.2 Å². The van der Waals surface area contributed by atoms with Crippen molar-refractivity contribution in [3.8, 4) is 0 Å². The molecule has 0 saturated heterocycles. The van der Waals surface area contributed by atoms with Crippen molar-refractivity contribution in [1.29, 1.82) is 0 Å². The predicted octanol–water partition coefficient (Wildman–Crippen LogP) is 4.55. The summed E-state index contributed by atoms with van der Waals surface area (Å²) in [6, 6.07) is 19.4. The number of rotatable bonds is 5. The number of carbonyl (C=O) groups excluding carboxylic acids is 1. The fourth-order valence-corrected chi connectivity index (χ4v) is 3.13. The summed E-state index contributed by atoms with van der Waals surface area (Å²) in [4.78, 5) is 20.4. The molecule has 1 amide bonds. The number of hydrogen-bond donors (Lipinski definition) is 2. The van der Waals surface area contributed by atoms with E-state index in [9.17, 15) is 13.6 Å². The monoisotopic (exact) mass is 377 g/mol. The predicted molar refractivity (Wildman–Crippen MR) is 103 cm³/mol. The number of amides is 1. The molecule has 1 heterocycles. The highest BCUT2D eigenvalue weighted by atomic mass is 19.1. The Morgan fingerprint density at radius 3 is 2.36 bits per heavy atom. The molecule has 0 aliphatic heterocycles. The highest BCUT2D eigenvalue weighted by Crippen LogP contribution is 2.21. The van der Waals surface area contributed by atoms with Crippen LogP contribution in [0.15, 0.2) is 72.8 Å². The van der Waals surface area contributed by atoms with Gasteiger partial charge in [0.15, 0.2) is 0 Å². The van der Waals surface area contributed by atoms with Gasteiger partial charge in [0, 0.05) is 11.6 Å². The molecule has 3 aromatic carbocycles. The summed E-state index contributed by atoms with van der Waals surface area (Å²) in [5.41, 5.74) is 2.55. The molecule has 4 aromatic rings. The van der Waals surface area contributed by atoms with Crippen molar-refractivity contribution < 1.29 is 13.6 Å². The van der Waals surface area contributed by atoms with Crippen LogP contribution in [0, 0.1) is 11.6 Å². The number of halogens is 2. The van der Waals surface area contributed by atoms with E-state index in [1.807, 2.05) is 54.6 Å². The minimum atomic E-state index is -0.798. The molecule has 0 unspecified atom stereocenters. The van der Waals surface area contributed by atoms with Crippen LogP contribution in [-0.2, 0) is 6.42 Å². The molecule has 28 heavy (non-hydrogen) atoms. The Labute approximate surface area is 160 Å². The number of imidazole rings is 1. The van der Waals surface area contributed by atoms with Gasteiger partial charge in [-0.2, -0.15) is 0 Å². The maximum atomic E-state index is 13.5. The van der Waals surface area contributed by atoms with Gasteiger partial charge in [0.05, 0.1) is 17.1 Å². The number of nitrogens with one attached hydrogen (secondary N) is 2. The second-order valence-electron chi connectivity index (χ2n) is 6.51. The molecule has 4 nitrogen and oxygen atoms in total. The third-order valence-corrected chi connectivity index (χ3v) is 4.45. The van der Waals surface area contributed by atoms with Gasteiger partial charge >= 0.3 is 0 Å². The largest absolute Gasteiger partial charge is 0.342 e. The molecular weight excluding hydrogens is 360 g/mol. The molecule has 0 aliphatic rings. The third-order valence-electron chi connectivity index (χ3n) is 4.45. The molecular formula is C22H17F2N3O. The number of nitrogens with zero attached hydrogens (tertiary/aromatic N) is 1. The first-order valence-corrected chi connectivity index (χ1v) is 8.84. The van der Waals surface area contributed by atoms with E-state index in [4.69, 9.17) is 0 Å². The molecule has 0 radical (unpaired) electrons. The van der Waals surface area contributed by atoms with Gasteiger partial charge in [0.25, 0.3) is 5.91 Å². The fraction of sp³-hybridized carbons (Fsp3) is 0.0909. The zero-order valence-corrected chi connectivity index (χ0v) is 14.8. The van der Waals surface area contributed by atoms with Crippen LogP contribution < -0.4 is 5.32 Å². The Balaban J connectivity index is 1.66. The average molecular weight is 377 g/mol. The van der Waals surface area contributed by atoms with Crippen LogP contribution in [0.2, 0.25) is 0 Å². The highest BCUT2D eigenvalue weighted by Gasteiger charge is 2.20. The molecule has 0 spiro atoms. The summed E-state index contributed by atoms with van der Waals surface area (Å²) in [6.45, 7) is 0. The number of hydrogen-bond acceptors (Lipinski definition) is 2. The second kappa shape index (κ2) is 7.60. The summed E-state index contributed by atoms with van der Waals surface area (Å²) in [5.74, 6) is -1.59. The Morgan fingerprint density at radius 2 is 1.64 bits per heavy atom. The van der Waals surface area contributed by atoms with E-state index in [2.05, 4.69) is 15.3 Å². The summed E-state index contributed by atoms with van der Waals surface area (Å²) in [5, 5.41) is 2.85. The molecule has 0 aliphatic carbocycles. The summed E-state index contributed by atoms with van der Waals surface area (Å²) < 4.78 is 27.0. The first-order chi connectivity index (χ1) is 13.6. The van der Waals surface area contributed by atoms with E-state index in [-0.39, 0.29) is 5.56 Å². The van der Waals surface area contributed by atoms with Crippen molar-refractivity contribution in [2.24, 2.45) is 0 Å². The Bertz CT molecular complexity index is 1070. The molecule has 6 heteroatoms. The lowest BCUT2D eigenvalue weighted by Crippen LogP contribution is -2.31. The minimum Gasteiger partial charge on any atom is -0.342 e. The van der Waals surface area contributed by atoms with Crippen molar-refractivity contribution >= 4 is 16.9 Å². The van der Waals surface area contributed by atoms with Gasteiger partial charge in [-0.1, -0.05) is 42.5 Å². The average Bonchev–Trinajstić information content (AvgIpc) is 3.11. The van der Waals surface area contributed by atoms with Gasteiger partial charge in [-0.3, -0.25) is 4.79 Å². The first-order valence-electron chi connectivity index (χ1n) is 8.84. The number of aromatic amines is 1. The molecule has 2 N–H and O–H groups in total. The van der Waals surface area contributed by atoms with E-state index in [1.165, 1.54) is 0 Å². The Kier molecular flexibility index (Phi) is 4.85. The lowest BCUT2D eigenvalue weighted by Gasteiger charge is -2.17. The molecule has 1 aromatic heterocycles. The minimum absolute atomic E-state index is 0.0772. The number of para-hydroxylation sites is 2. The van der Waals surface area contributed by atoms with Gasteiger partial charge in [-0.15, -0.1) is 0 Å². The molecule has 1 atom stereocenters. The van der Waals surface area contributed by atoms with Crippen LogP contribution in [0.1, 0.15) is 27.8 Å². The van der Waals surface area contributed by atoms with Crippen LogP contribution in [0.5, 0.6) is 0 Å². The lowest BCUT2D eigenvalue weighted by molar-refractivity contribution is 0.0934. The zero-order chi connectivity index (χ0) is 19.5. The lowest BCUT2D eigenvalue weighted by atomic mass is 10.0. The van der Waals surface area contributed by atoms with Gasteiger partial charge in [-0.25, -0.2) is 13.8 Å². The van der Waals surface area contributed by atoms with E-state index in [1.54, 1.807) is 0 Å². The van der Waals surface area contributed by atoms with Crippen LogP contribution in [-0.4, -0.2) is 15.9 Å². The third kappa shape index (κ3) is 3.91. The smallest absolute Gasteiger partial charge is 0.252 e. The fourth-order valence-electron chi connectivity index (χ4n) is 3.13. The summed E-state index contributed by atoms with van der Waals surface area (Å²) >= 11 is 0. The van der Waals surface area contributed by atoms with Crippen LogP contribution in [0.4, 0.5) is 8.78 Å². The maximum Gasteiger partial charge on any atom is 0.252 e. The molecule has 4 rings (SSSR count). The van der Waals surface area contributed by atoms with Gasteiger partial charge < -0.3 is 10.3 Å². The highest BCUT2D eigenvalue weighted by molar-refractivity contribution is 5.94. The molecule has 140 valence electrons. The van der Waals surface area contributed by atoms with Crippen molar-refractivity contribution in [3.63, 3.8) is 0 Å². The van der Waals surface area contributed by atoms with Crippen LogP contribution in [0.25, 0.3) is 11.0 Å². The van der Waals surface area contributed by atoms with Crippen molar-refractivity contribution in [1.82, 2.24) is 15.3 Å². The molecule has 0 saturated carbocycles. The summed E-state index contributed by atoms with van der Waals surface area (Å²) in [7, 11) is 0.